The molecule has 0 saturated carbocycles. The van der Waals surface area contributed by atoms with Crippen molar-refractivity contribution >= 4 is 39.4 Å². The van der Waals surface area contributed by atoms with Crippen molar-refractivity contribution in [2.75, 3.05) is 7.11 Å². The van der Waals surface area contributed by atoms with Crippen molar-refractivity contribution in [3.63, 3.8) is 0 Å². The van der Waals surface area contributed by atoms with Crippen LogP contribution in [0.2, 0.25) is 0 Å². The predicted octanol–water partition coefficient (Wildman–Crippen LogP) is 3.00. The maximum absolute atomic E-state index is 12.0. The van der Waals surface area contributed by atoms with Gasteiger partial charge in [0.25, 0.3) is 5.91 Å². The summed E-state index contributed by atoms with van der Waals surface area (Å²) in [5.74, 6) is -0.0645. The zero-order valence-corrected chi connectivity index (χ0v) is 14.6. The first-order valence-electron chi connectivity index (χ1n) is 6.26. The molecule has 6 nitrogen and oxygen atoms in total. The Labute approximate surface area is 140 Å². The van der Waals surface area contributed by atoms with Gasteiger partial charge in [0.15, 0.2) is 11.5 Å². The fourth-order valence-corrected chi connectivity index (χ4v) is 3.07. The van der Waals surface area contributed by atoms with Gasteiger partial charge in [-0.2, -0.15) is 5.10 Å². The van der Waals surface area contributed by atoms with Crippen LogP contribution in [0.5, 0.6) is 11.5 Å². The number of hydrazone groups is 1. The Hall–Kier alpha value is -1.93. The minimum Gasteiger partial charge on any atom is -0.504 e. The molecule has 0 aliphatic heterocycles. The summed E-state index contributed by atoms with van der Waals surface area (Å²) in [6.45, 7) is 3.61. The van der Waals surface area contributed by atoms with Crippen molar-refractivity contribution < 1.29 is 14.6 Å². The Bertz CT molecular complexity index is 743. The SMILES string of the molecule is COc1cc(Br)cc(/C=N/NC(=O)c2sc(C)nc2C)c1O. The molecular formula is C14H14BrN3O3S. The Balaban J connectivity index is 2.15. The second-order valence-corrected chi connectivity index (χ2v) is 6.51. The smallest absolute Gasteiger partial charge is 0.283 e. The van der Waals surface area contributed by atoms with E-state index in [0.29, 0.717) is 21.9 Å². The minimum atomic E-state index is -0.333. The highest BCUT2D eigenvalue weighted by Crippen LogP contribution is 2.32. The summed E-state index contributed by atoms with van der Waals surface area (Å²) < 4.78 is 5.77. The summed E-state index contributed by atoms with van der Waals surface area (Å²) in [6, 6.07) is 3.30. The number of benzene rings is 1. The molecule has 2 aromatic rings. The highest BCUT2D eigenvalue weighted by molar-refractivity contribution is 9.10. The van der Waals surface area contributed by atoms with Gasteiger partial charge in [0, 0.05) is 10.0 Å². The van der Waals surface area contributed by atoms with Crippen molar-refractivity contribution in [1.82, 2.24) is 10.4 Å². The normalized spacial score (nSPS) is 10.9. The largest absolute Gasteiger partial charge is 0.504 e. The number of carbonyl (C=O) groups is 1. The molecule has 0 aliphatic rings. The lowest BCUT2D eigenvalue weighted by atomic mass is 10.2. The predicted molar refractivity (Wildman–Crippen MR) is 89.0 cm³/mol. The molecule has 2 N–H and O–H groups in total. The Morgan fingerprint density at radius 2 is 2.23 bits per heavy atom. The third-order valence-electron chi connectivity index (χ3n) is 2.77. The van der Waals surface area contributed by atoms with Crippen molar-refractivity contribution in [3.05, 3.63) is 37.7 Å². The number of carbonyl (C=O) groups excluding carboxylic acids is 1. The van der Waals surface area contributed by atoms with Crippen LogP contribution in [0.1, 0.15) is 25.9 Å². The van der Waals surface area contributed by atoms with E-state index in [2.05, 4.69) is 31.4 Å². The highest BCUT2D eigenvalue weighted by Gasteiger charge is 2.13. The number of phenolic OH excluding ortho intramolecular Hbond substituents is 1. The number of aromatic hydroxyl groups is 1. The summed E-state index contributed by atoms with van der Waals surface area (Å²) >= 11 is 4.62. The van der Waals surface area contributed by atoms with Crippen molar-refractivity contribution in [3.8, 4) is 11.5 Å². The zero-order chi connectivity index (χ0) is 16.3. The average Bonchev–Trinajstić information content (AvgIpc) is 2.81. The van der Waals surface area contributed by atoms with E-state index in [0.717, 1.165) is 9.48 Å². The van der Waals surface area contributed by atoms with Crippen LogP contribution in [-0.4, -0.2) is 29.3 Å². The van der Waals surface area contributed by atoms with E-state index in [4.69, 9.17) is 4.74 Å². The van der Waals surface area contributed by atoms with Crippen LogP contribution < -0.4 is 10.2 Å². The average molecular weight is 384 g/mol. The first-order valence-corrected chi connectivity index (χ1v) is 7.87. The van der Waals surface area contributed by atoms with Crippen LogP contribution in [0.15, 0.2) is 21.7 Å². The molecule has 0 unspecified atom stereocenters. The van der Waals surface area contributed by atoms with Gasteiger partial charge >= 0.3 is 0 Å². The molecule has 0 aliphatic carbocycles. The number of nitrogens with zero attached hydrogens (tertiary/aromatic N) is 2. The first-order chi connectivity index (χ1) is 10.4. The Kier molecular flexibility index (Phi) is 5.15. The van der Waals surface area contributed by atoms with Gasteiger partial charge in [-0.15, -0.1) is 11.3 Å². The zero-order valence-electron chi connectivity index (χ0n) is 12.2. The lowest BCUT2D eigenvalue weighted by molar-refractivity contribution is 0.0958. The summed E-state index contributed by atoms with van der Waals surface area (Å²) in [7, 11) is 1.46. The summed E-state index contributed by atoms with van der Waals surface area (Å²) in [5, 5.41) is 14.7. The van der Waals surface area contributed by atoms with Crippen molar-refractivity contribution in [2.45, 2.75) is 13.8 Å². The number of hydrogen-bond donors (Lipinski definition) is 2. The van der Waals surface area contributed by atoms with E-state index in [9.17, 15) is 9.90 Å². The van der Waals surface area contributed by atoms with E-state index in [1.54, 1.807) is 19.1 Å². The van der Waals surface area contributed by atoms with Crippen molar-refractivity contribution in [1.29, 1.82) is 0 Å². The third-order valence-corrected chi connectivity index (χ3v) is 4.30. The first kappa shape index (κ1) is 16.4. The maximum atomic E-state index is 12.0. The number of amides is 1. The summed E-state index contributed by atoms with van der Waals surface area (Å²) in [5.41, 5.74) is 3.51. The molecule has 8 heteroatoms. The van der Waals surface area contributed by atoms with E-state index in [-0.39, 0.29) is 11.7 Å². The summed E-state index contributed by atoms with van der Waals surface area (Å²) in [4.78, 5) is 16.7. The fraction of sp³-hybridized carbons (Fsp3) is 0.214. The monoisotopic (exact) mass is 383 g/mol. The lowest BCUT2D eigenvalue weighted by Gasteiger charge is -2.06. The number of thiazole rings is 1. The minimum absolute atomic E-state index is 0.0477. The molecule has 0 fully saturated rings. The second kappa shape index (κ2) is 6.89. The number of halogens is 1. The van der Waals surface area contributed by atoms with E-state index in [1.807, 2.05) is 6.92 Å². The van der Waals surface area contributed by atoms with Gasteiger partial charge in [0.2, 0.25) is 0 Å². The molecule has 116 valence electrons. The molecular weight excluding hydrogens is 370 g/mol. The molecule has 0 spiro atoms. The van der Waals surface area contributed by atoms with E-state index >= 15 is 0 Å². The van der Waals surface area contributed by atoms with Gasteiger partial charge in [-0.3, -0.25) is 4.79 Å². The second-order valence-electron chi connectivity index (χ2n) is 4.39. The van der Waals surface area contributed by atoms with Crippen LogP contribution in [0.25, 0.3) is 0 Å². The van der Waals surface area contributed by atoms with Crippen LogP contribution in [0, 0.1) is 13.8 Å². The number of ether oxygens (including phenoxy) is 1. The van der Waals surface area contributed by atoms with Crippen LogP contribution >= 0.6 is 27.3 Å². The molecule has 0 radical (unpaired) electrons. The third kappa shape index (κ3) is 3.63. The highest BCUT2D eigenvalue weighted by atomic mass is 79.9. The number of aryl methyl sites for hydroxylation is 2. The van der Waals surface area contributed by atoms with Gasteiger partial charge in [0.05, 0.1) is 24.0 Å². The number of nitrogens with one attached hydrogen (secondary N) is 1. The standard InChI is InChI=1S/C14H14BrN3O3S/c1-7-13(22-8(2)17-7)14(20)18-16-6-9-4-10(15)5-11(21-3)12(9)19/h4-6,19H,1-3H3,(H,18,20)/b16-6+. The number of phenols is 1. The van der Waals surface area contributed by atoms with Gasteiger partial charge in [-0.25, -0.2) is 10.4 Å². The van der Waals surface area contributed by atoms with Gasteiger partial charge < -0.3 is 9.84 Å². The molecule has 2 rings (SSSR count). The molecule has 1 aromatic carbocycles. The number of aromatic nitrogens is 1. The molecule has 0 saturated heterocycles. The molecule has 1 amide bonds. The van der Waals surface area contributed by atoms with Crippen LogP contribution in [-0.2, 0) is 0 Å². The van der Waals surface area contributed by atoms with Crippen LogP contribution in [0.4, 0.5) is 0 Å². The Morgan fingerprint density at radius 1 is 1.50 bits per heavy atom. The molecule has 1 heterocycles. The molecule has 1 aromatic heterocycles. The number of methoxy groups -OCH3 is 1. The van der Waals surface area contributed by atoms with Crippen molar-refractivity contribution in [2.24, 2.45) is 5.10 Å². The van der Waals surface area contributed by atoms with Gasteiger partial charge in [-0.05, 0) is 26.0 Å². The topological polar surface area (TPSA) is 83.8 Å². The molecule has 22 heavy (non-hydrogen) atoms. The van der Waals surface area contributed by atoms with E-state index < -0.39 is 0 Å². The van der Waals surface area contributed by atoms with E-state index in [1.165, 1.54) is 24.7 Å². The Morgan fingerprint density at radius 3 is 2.82 bits per heavy atom. The maximum Gasteiger partial charge on any atom is 0.283 e. The van der Waals surface area contributed by atoms with Gasteiger partial charge in [0.1, 0.15) is 4.88 Å². The number of rotatable bonds is 4. The quantitative estimate of drug-likeness (QED) is 0.627. The molecule has 0 atom stereocenters. The summed E-state index contributed by atoms with van der Waals surface area (Å²) in [6.07, 6.45) is 1.35. The number of hydrogen-bond acceptors (Lipinski definition) is 6. The molecule has 0 bridgehead atoms. The van der Waals surface area contributed by atoms with Gasteiger partial charge in [-0.1, -0.05) is 15.9 Å². The lowest BCUT2D eigenvalue weighted by Crippen LogP contribution is -2.17. The van der Waals surface area contributed by atoms with Crippen LogP contribution in [0.3, 0.4) is 0 Å². The fourth-order valence-electron chi connectivity index (χ4n) is 1.80.